The van der Waals surface area contributed by atoms with Crippen LogP contribution < -0.4 is 5.69 Å². The lowest BCUT2D eigenvalue weighted by molar-refractivity contribution is 0.0699. The summed E-state index contributed by atoms with van der Waals surface area (Å²) >= 11 is 0. The highest BCUT2D eigenvalue weighted by atomic mass is 16.4. The van der Waals surface area contributed by atoms with Gasteiger partial charge in [-0.05, 0) is 31.9 Å². The number of aromatic amines is 1. The van der Waals surface area contributed by atoms with Gasteiger partial charge in [-0.15, -0.1) is 0 Å². The molecule has 0 aliphatic heterocycles. The maximum atomic E-state index is 11.9. The van der Waals surface area contributed by atoms with Gasteiger partial charge >= 0.3 is 11.7 Å². The molecule has 0 atom stereocenters. The SMILES string of the molecule is CC1(n2c(=O)[nH]c3c(C(=O)O)cccc32)CC1. The van der Waals surface area contributed by atoms with Crippen LogP contribution in [0.3, 0.4) is 0 Å². The number of nitrogens with zero attached hydrogens (tertiary/aromatic N) is 1. The molecule has 1 heterocycles. The molecule has 5 heteroatoms. The predicted molar refractivity (Wildman–Crippen MR) is 62.4 cm³/mol. The van der Waals surface area contributed by atoms with Crippen LogP contribution in [-0.4, -0.2) is 20.6 Å². The second-order valence-electron chi connectivity index (χ2n) is 4.77. The van der Waals surface area contributed by atoms with Gasteiger partial charge in [0.25, 0.3) is 0 Å². The van der Waals surface area contributed by atoms with Crippen LogP contribution in [0.5, 0.6) is 0 Å². The van der Waals surface area contributed by atoms with E-state index in [0.717, 1.165) is 12.8 Å². The molecule has 88 valence electrons. The summed E-state index contributed by atoms with van der Waals surface area (Å²) in [6.45, 7) is 2.01. The molecule has 5 nitrogen and oxygen atoms in total. The van der Waals surface area contributed by atoms with Crippen molar-refractivity contribution in [1.29, 1.82) is 0 Å². The van der Waals surface area contributed by atoms with Crippen LogP contribution in [0.2, 0.25) is 0 Å². The zero-order valence-electron chi connectivity index (χ0n) is 9.36. The van der Waals surface area contributed by atoms with Gasteiger partial charge in [-0.25, -0.2) is 9.59 Å². The Morgan fingerprint density at radius 2 is 2.18 bits per heavy atom. The number of carboxylic acids is 1. The van der Waals surface area contributed by atoms with Gasteiger partial charge in [0.05, 0.1) is 16.6 Å². The summed E-state index contributed by atoms with van der Waals surface area (Å²) in [6.07, 6.45) is 1.91. The van der Waals surface area contributed by atoms with Crippen molar-refractivity contribution in [2.45, 2.75) is 25.3 Å². The van der Waals surface area contributed by atoms with E-state index in [9.17, 15) is 9.59 Å². The van der Waals surface area contributed by atoms with Crippen LogP contribution in [0, 0.1) is 0 Å². The van der Waals surface area contributed by atoms with Gasteiger partial charge in [0, 0.05) is 5.54 Å². The zero-order chi connectivity index (χ0) is 12.2. The van der Waals surface area contributed by atoms with E-state index in [0.29, 0.717) is 11.0 Å². The normalized spacial score (nSPS) is 17.2. The second kappa shape index (κ2) is 3.00. The lowest BCUT2D eigenvalue weighted by Gasteiger charge is -2.10. The van der Waals surface area contributed by atoms with Gasteiger partial charge in [0.2, 0.25) is 0 Å². The fourth-order valence-electron chi connectivity index (χ4n) is 2.25. The van der Waals surface area contributed by atoms with Crippen molar-refractivity contribution in [1.82, 2.24) is 9.55 Å². The largest absolute Gasteiger partial charge is 0.478 e. The minimum atomic E-state index is -1.02. The smallest absolute Gasteiger partial charge is 0.337 e. The van der Waals surface area contributed by atoms with Gasteiger partial charge in [0.1, 0.15) is 0 Å². The van der Waals surface area contributed by atoms with Crippen LogP contribution in [0.4, 0.5) is 0 Å². The molecule has 1 aliphatic rings. The summed E-state index contributed by atoms with van der Waals surface area (Å²) < 4.78 is 1.68. The van der Waals surface area contributed by atoms with E-state index >= 15 is 0 Å². The molecule has 0 saturated heterocycles. The number of carbonyl (C=O) groups is 1. The van der Waals surface area contributed by atoms with Gasteiger partial charge in [-0.2, -0.15) is 0 Å². The monoisotopic (exact) mass is 232 g/mol. The Balaban J connectivity index is 2.39. The quantitative estimate of drug-likeness (QED) is 0.824. The van der Waals surface area contributed by atoms with Crippen molar-refractivity contribution in [3.8, 4) is 0 Å². The number of fused-ring (bicyclic) bond motifs is 1. The lowest BCUT2D eigenvalue weighted by Crippen LogP contribution is -2.25. The number of imidazole rings is 1. The molecule has 2 N–H and O–H groups in total. The maximum absolute atomic E-state index is 11.9. The molecule has 0 radical (unpaired) electrons. The van der Waals surface area contributed by atoms with Crippen molar-refractivity contribution < 1.29 is 9.90 Å². The Hall–Kier alpha value is -2.04. The summed E-state index contributed by atoms with van der Waals surface area (Å²) in [6, 6.07) is 4.95. The Labute approximate surface area is 96.7 Å². The van der Waals surface area contributed by atoms with Gasteiger partial charge in [0.15, 0.2) is 0 Å². The van der Waals surface area contributed by atoms with E-state index in [1.807, 2.05) is 6.92 Å². The molecule has 0 unspecified atom stereocenters. The highest BCUT2D eigenvalue weighted by Crippen LogP contribution is 2.43. The first-order valence-electron chi connectivity index (χ1n) is 5.50. The van der Waals surface area contributed by atoms with E-state index in [2.05, 4.69) is 4.98 Å². The average Bonchev–Trinajstić information content (AvgIpc) is 2.90. The van der Waals surface area contributed by atoms with E-state index in [1.54, 1.807) is 16.7 Å². The van der Waals surface area contributed by atoms with Crippen LogP contribution in [-0.2, 0) is 5.54 Å². The molecule has 1 aromatic carbocycles. The molecule has 1 fully saturated rings. The first-order valence-corrected chi connectivity index (χ1v) is 5.50. The van der Waals surface area contributed by atoms with Crippen molar-refractivity contribution >= 4 is 17.0 Å². The van der Waals surface area contributed by atoms with Crippen LogP contribution in [0.25, 0.3) is 11.0 Å². The molecule has 0 bridgehead atoms. The highest BCUT2D eigenvalue weighted by molar-refractivity contribution is 6.01. The fourth-order valence-corrected chi connectivity index (χ4v) is 2.25. The number of H-pyrrole nitrogens is 1. The molecular formula is C12H12N2O3. The van der Waals surface area contributed by atoms with Crippen LogP contribution in [0.1, 0.15) is 30.1 Å². The van der Waals surface area contributed by atoms with Crippen LogP contribution >= 0.6 is 0 Å². The highest BCUT2D eigenvalue weighted by Gasteiger charge is 2.41. The fraction of sp³-hybridized carbons (Fsp3) is 0.333. The Bertz CT molecular complexity index is 677. The molecule has 17 heavy (non-hydrogen) atoms. The number of benzene rings is 1. The molecule has 1 aliphatic carbocycles. The van der Waals surface area contributed by atoms with Gasteiger partial charge < -0.3 is 10.1 Å². The first kappa shape index (κ1) is 10.1. The van der Waals surface area contributed by atoms with Crippen LogP contribution in [0.15, 0.2) is 23.0 Å². The molecule has 1 aromatic heterocycles. The number of carboxylic acid groups (broad SMARTS) is 1. The number of nitrogens with one attached hydrogen (secondary N) is 1. The first-order chi connectivity index (χ1) is 8.03. The number of para-hydroxylation sites is 1. The summed E-state index contributed by atoms with van der Waals surface area (Å²) in [4.78, 5) is 25.6. The number of aromatic carboxylic acids is 1. The van der Waals surface area contributed by atoms with E-state index in [1.165, 1.54) is 6.07 Å². The predicted octanol–water partition coefficient (Wildman–Crippen LogP) is 1.54. The molecule has 0 amide bonds. The molecule has 2 aromatic rings. The van der Waals surface area contributed by atoms with Crippen molar-refractivity contribution in [3.05, 3.63) is 34.2 Å². The van der Waals surface area contributed by atoms with E-state index < -0.39 is 5.97 Å². The summed E-state index contributed by atoms with van der Waals surface area (Å²) in [5.74, 6) is -1.02. The molecular weight excluding hydrogens is 220 g/mol. The number of aromatic nitrogens is 2. The number of rotatable bonds is 2. The summed E-state index contributed by atoms with van der Waals surface area (Å²) in [5, 5.41) is 9.07. The summed E-state index contributed by atoms with van der Waals surface area (Å²) in [7, 11) is 0. The third kappa shape index (κ3) is 1.32. The number of hydrogen-bond donors (Lipinski definition) is 2. The van der Waals surface area contributed by atoms with Crippen molar-refractivity contribution in [2.24, 2.45) is 0 Å². The van der Waals surface area contributed by atoms with E-state index in [-0.39, 0.29) is 16.8 Å². The Morgan fingerprint density at radius 3 is 2.76 bits per heavy atom. The van der Waals surface area contributed by atoms with Crippen molar-refractivity contribution in [2.75, 3.05) is 0 Å². The lowest BCUT2D eigenvalue weighted by atomic mass is 10.2. The molecule has 0 spiro atoms. The molecule has 3 rings (SSSR count). The maximum Gasteiger partial charge on any atom is 0.337 e. The topological polar surface area (TPSA) is 75.1 Å². The average molecular weight is 232 g/mol. The third-order valence-electron chi connectivity index (χ3n) is 3.46. The standard InChI is InChI=1S/C12H12N2O3/c1-12(5-6-12)14-8-4-2-3-7(10(15)16)9(8)13-11(14)17/h2-4H,5-6H2,1H3,(H,13,17)(H,15,16). The second-order valence-corrected chi connectivity index (χ2v) is 4.77. The third-order valence-corrected chi connectivity index (χ3v) is 3.46. The minimum absolute atomic E-state index is 0.141. The Kier molecular flexibility index (Phi) is 1.79. The van der Waals surface area contributed by atoms with Crippen molar-refractivity contribution in [3.63, 3.8) is 0 Å². The summed E-state index contributed by atoms with van der Waals surface area (Å²) in [5.41, 5.74) is 0.858. The molecule has 1 saturated carbocycles. The zero-order valence-corrected chi connectivity index (χ0v) is 9.36. The van der Waals surface area contributed by atoms with Gasteiger partial charge in [-0.3, -0.25) is 4.57 Å². The minimum Gasteiger partial charge on any atom is -0.478 e. The number of hydrogen-bond acceptors (Lipinski definition) is 2. The van der Waals surface area contributed by atoms with E-state index in [4.69, 9.17) is 5.11 Å². The van der Waals surface area contributed by atoms with Gasteiger partial charge in [-0.1, -0.05) is 6.07 Å². The Morgan fingerprint density at radius 1 is 1.47 bits per heavy atom.